The summed E-state index contributed by atoms with van der Waals surface area (Å²) >= 11 is 0. The summed E-state index contributed by atoms with van der Waals surface area (Å²) in [4.78, 5) is 47.4. The molecule has 134 valence electrons. The van der Waals surface area contributed by atoms with Crippen LogP contribution in [-0.2, 0) is 23.9 Å². The number of unbranched alkanes of at least 4 members (excludes halogenated alkanes) is 1. The number of imide groups is 1. The Morgan fingerprint density at radius 2 is 1.62 bits per heavy atom. The molecule has 0 aromatic carbocycles. The predicted molar refractivity (Wildman–Crippen MR) is 86.2 cm³/mol. The number of amides is 2. The van der Waals surface area contributed by atoms with Crippen LogP contribution in [0.4, 0.5) is 0 Å². The Balaban J connectivity index is 2.31. The van der Waals surface area contributed by atoms with Gasteiger partial charge in [-0.3, -0.25) is 14.5 Å². The lowest BCUT2D eigenvalue weighted by Crippen LogP contribution is -2.46. The second-order valence-corrected chi connectivity index (χ2v) is 6.85. The summed E-state index contributed by atoms with van der Waals surface area (Å²) in [6, 6.07) is -1.88. The molecular weight excluding hydrogens is 314 g/mol. The molecule has 1 rings (SSSR count). The molecular formula is C16H25N3O5. The number of nitrogens with zero attached hydrogens (tertiary/aromatic N) is 1. The number of carbonyl (C=O) groups is 4. The Kier molecular flexibility index (Phi) is 6.80. The van der Waals surface area contributed by atoms with Crippen LogP contribution < -0.4 is 11.5 Å². The standard InChI is InChI=1S/C16H25N3O5/c1-16(2,3)13(18)15(23)24-14(22)10(17)6-4-5-9-19-11(20)7-8-12(19)21/h7-8,10,13H,4-6,9,17-18H2,1-3H3/t10-,13?/m0/s1. The van der Waals surface area contributed by atoms with Gasteiger partial charge < -0.3 is 16.2 Å². The molecule has 0 saturated heterocycles. The second-order valence-electron chi connectivity index (χ2n) is 6.85. The number of nitrogens with two attached hydrogens (primary N) is 2. The molecule has 0 aliphatic carbocycles. The van der Waals surface area contributed by atoms with E-state index in [0.29, 0.717) is 12.8 Å². The molecule has 1 aliphatic heterocycles. The molecule has 0 spiro atoms. The van der Waals surface area contributed by atoms with Crippen molar-refractivity contribution in [3.63, 3.8) is 0 Å². The van der Waals surface area contributed by atoms with Crippen LogP contribution in [0.2, 0.25) is 0 Å². The summed E-state index contributed by atoms with van der Waals surface area (Å²) in [6.07, 6.45) is 3.73. The van der Waals surface area contributed by atoms with Gasteiger partial charge in [0.05, 0.1) is 0 Å². The number of esters is 2. The van der Waals surface area contributed by atoms with E-state index in [-0.39, 0.29) is 24.8 Å². The Hall–Kier alpha value is -2.06. The third-order valence-corrected chi connectivity index (χ3v) is 3.74. The van der Waals surface area contributed by atoms with Crippen LogP contribution in [0.3, 0.4) is 0 Å². The van der Waals surface area contributed by atoms with Crippen molar-refractivity contribution in [2.75, 3.05) is 6.54 Å². The molecule has 0 bridgehead atoms. The van der Waals surface area contributed by atoms with Crippen LogP contribution in [0.15, 0.2) is 12.2 Å². The fraction of sp³-hybridized carbons (Fsp3) is 0.625. The van der Waals surface area contributed by atoms with Gasteiger partial charge in [-0.1, -0.05) is 20.8 Å². The van der Waals surface area contributed by atoms with Crippen molar-refractivity contribution in [3.8, 4) is 0 Å². The van der Waals surface area contributed by atoms with Crippen molar-refractivity contribution in [2.45, 2.75) is 52.1 Å². The molecule has 0 radical (unpaired) electrons. The minimum absolute atomic E-state index is 0.264. The van der Waals surface area contributed by atoms with E-state index in [1.807, 2.05) is 0 Å². The summed E-state index contributed by atoms with van der Waals surface area (Å²) < 4.78 is 4.71. The lowest BCUT2D eigenvalue weighted by atomic mass is 9.87. The molecule has 4 N–H and O–H groups in total. The summed E-state index contributed by atoms with van der Waals surface area (Å²) in [5, 5.41) is 0. The molecule has 1 aliphatic rings. The average Bonchev–Trinajstić information content (AvgIpc) is 2.80. The van der Waals surface area contributed by atoms with E-state index in [2.05, 4.69) is 0 Å². The van der Waals surface area contributed by atoms with Gasteiger partial charge in [0.1, 0.15) is 12.1 Å². The van der Waals surface area contributed by atoms with Gasteiger partial charge in [0.2, 0.25) is 0 Å². The average molecular weight is 339 g/mol. The SMILES string of the molecule is CC(C)(C)C(N)C(=O)OC(=O)[C@@H](N)CCCCN1C(=O)C=CC1=O. The van der Waals surface area contributed by atoms with E-state index in [9.17, 15) is 19.2 Å². The van der Waals surface area contributed by atoms with E-state index in [0.717, 1.165) is 4.90 Å². The Morgan fingerprint density at radius 1 is 1.08 bits per heavy atom. The van der Waals surface area contributed by atoms with E-state index in [1.165, 1.54) is 12.2 Å². The van der Waals surface area contributed by atoms with Crippen LogP contribution in [0.5, 0.6) is 0 Å². The fourth-order valence-electron chi connectivity index (χ4n) is 2.00. The van der Waals surface area contributed by atoms with Crippen LogP contribution in [0.25, 0.3) is 0 Å². The molecule has 24 heavy (non-hydrogen) atoms. The lowest BCUT2D eigenvalue weighted by molar-refractivity contribution is -0.163. The highest BCUT2D eigenvalue weighted by molar-refractivity contribution is 6.12. The Bertz CT molecular complexity index is 532. The van der Waals surface area contributed by atoms with Crippen molar-refractivity contribution in [3.05, 3.63) is 12.2 Å². The minimum Gasteiger partial charge on any atom is -0.391 e. The molecule has 8 heteroatoms. The zero-order valence-corrected chi connectivity index (χ0v) is 14.3. The van der Waals surface area contributed by atoms with Gasteiger partial charge in [-0.15, -0.1) is 0 Å². The molecule has 0 fully saturated rings. The Labute approximate surface area is 141 Å². The maximum atomic E-state index is 11.8. The quantitative estimate of drug-likeness (QED) is 0.285. The van der Waals surface area contributed by atoms with Gasteiger partial charge in [0, 0.05) is 18.7 Å². The number of hydrogen-bond donors (Lipinski definition) is 2. The zero-order chi connectivity index (χ0) is 18.5. The molecule has 0 saturated carbocycles. The highest BCUT2D eigenvalue weighted by atomic mass is 16.6. The molecule has 8 nitrogen and oxygen atoms in total. The lowest BCUT2D eigenvalue weighted by Gasteiger charge is -2.24. The summed E-state index contributed by atoms with van der Waals surface area (Å²) in [6.45, 7) is 5.55. The first-order valence-corrected chi connectivity index (χ1v) is 7.84. The number of ether oxygens (including phenoxy) is 1. The zero-order valence-electron chi connectivity index (χ0n) is 14.3. The normalized spacial score (nSPS) is 17.1. The molecule has 2 atom stereocenters. The van der Waals surface area contributed by atoms with Gasteiger partial charge >= 0.3 is 11.9 Å². The van der Waals surface area contributed by atoms with Crippen molar-refractivity contribution in [2.24, 2.45) is 16.9 Å². The maximum Gasteiger partial charge on any atom is 0.331 e. The minimum atomic E-state index is -0.954. The topological polar surface area (TPSA) is 133 Å². The number of rotatable bonds is 7. The maximum absolute atomic E-state index is 11.8. The van der Waals surface area contributed by atoms with Crippen molar-refractivity contribution >= 4 is 23.8 Å². The van der Waals surface area contributed by atoms with Crippen LogP contribution >= 0.6 is 0 Å². The van der Waals surface area contributed by atoms with Crippen LogP contribution in [0, 0.1) is 5.41 Å². The van der Waals surface area contributed by atoms with E-state index >= 15 is 0 Å². The smallest absolute Gasteiger partial charge is 0.331 e. The van der Waals surface area contributed by atoms with Gasteiger partial charge in [-0.25, -0.2) is 9.59 Å². The first-order chi connectivity index (χ1) is 11.0. The van der Waals surface area contributed by atoms with Gasteiger partial charge in [0.25, 0.3) is 11.8 Å². The highest BCUT2D eigenvalue weighted by Crippen LogP contribution is 2.18. The van der Waals surface area contributed by atoms with E-state index in [4.69, 9.17) is 16.2 Å². The first-order valence-electron chi connectivity index (χ1n) is 7.84. The summed E-state index contributed by atoms with van der Waals surface area (Å²) in [5.41, 5.74) is 10.9. The van der Waals surface area contributed by atoms with Gasteiger partial charge in [-0.2, -0.15) is 0 Å². The molecule has 0 aromatic heterocycles. The van der Waals surface area contributed by atoms with Crippen LogP contribution in [-0.4, -0.2) is 47.3 Å². The highest BCUT2D eigenvalue weighted by Gasteiger charge is 2.31. The molecule has 1 unspecified atom stereocenters. The van der Waals surface area contributed by atoms with Crippen molar-refractivity contribution in [1.29, 1.82) is 0 Å². The van der Waals surface area contributed by atoms with Crippen molar-refractivity contribution in [1.82, 2.24) is 4.90 Å². The van der Waals surface area contributed by atoms with Crippen molar-refractivity contribution < 1.29 is 23.9 Å². The summed E-state index contributed by atoms with van der Waals surface area (Å²) in [5.74, 6) is -2.31. The monoisotopic (exact) mass is 339 g/mol. The molecule has 2 amide bonds. The van der Waals surface area contributed by atoms with Gasteiger partial charge in [-0.05, 0) is 24.7 Å². The van der Waals surface area contributed by atoms with Crippen LogP contribution in [0.1, 0.15) is 40.0 Å². The fourth-order valence-corrected chi connectivity index (χ4v) is 2.00. The third-order valence-electron chi connectivity index (χ3n) is 3.74. The number of carbonyl (C=O) groups excluding carboxylic acids is 4. The third kappa shape index (κ3) is 5.54. The molecule has 1 heterocycles. The summed E-state index contributed by atoms with van der Waals surface area (Å²) in [7, 11) is 0. The second kappa shape index (κ2) is 8.16. The van der Waals surface area contributed by atoms with E-state index in [1.54, 1.807) is 20.8 Å². The largest absolute Gasteiger partial charge is 0.391 e. The Morgan fingerprint density at radius 3 is 2.12 bits per heavy atom. The number of hydrogen-bond acceptors (Lipinski definition) is 7. The molecule has 0 aromatic rings. The van der Waals surface area contributed by atoms with Gasteiger partial charge in [0.15, 0.2) is 0 Å². The van der Waals surface area contributed by atoms with E-state index < -0.39 is 29.4 Å². The first kappa shape index (κ1) is 20.0. The predicted octanol–water partition coefficient (Wildman–Crippen LogP) is -0.148.